The second kappa shape index (κ2) is 50.1. The molecule has 0 fully saturated rings. The minimum atomic E-state index is -0.759. The summed E-state index contributed by atoms with van der Waals surface area (Å²) in [5.41, 5.74) is 0. The van der Waals surface area contributed by atoms with E-state index in [2.05, 4.69) is 20.8 Å². The number of hydrogen-bond acceptors (Lipinski definition) is 6. The number of carbonyl (C=O) groups is 3. The zero-order valence-electron chi connectivity index (χ0n) is 40.8. The summed E-state index contributed by atoms with van der Waals surface area (Å²) >= 11 is 0. The van der Waals surface area contributed by atoms with Gasteiger partial charge in [0.2, 0.25) is 0 Å². The summed E-state index contributed by atoms with van der Waals surface area (Å²) in [6.07, 6.45) is 53.7. The van der Waals surface area contributed by atoms with Gasteiger partial charge in [0, 0.05) is 19.3 Å². The van der Waals surface area contributed by atoms with Crippen molar-refractivity contribution < 1.29 is 28.6 Å². The van der Waals surface area contributed by atoms with Gasteiger partial charge in [-0.05, 0) is 19.3 Å². The van der Waals surface area contributed by atoms with Gasteiger partial charge in [-0.25, -0.2) is 0 Å². The zero-order chi connectivity index (χ0) is 43.7. The molecular formula is C54H104O6. The Labute approximate surface area is 374 Å². The third-order valence-electron chi connectivity index (χ3n) is 12.4. The number of hydrogen-bond donors (Lipinski definition) is 0. The summed E-state index contributed by atoms with van der Waals surface area (Å²) < 4.78 is 16.8. The van der Waals surface area contributed by atoms with Crippen LogP contribution in [0.1, 0.15) is 310 Å². The molecule has 0 aromatic rings. The van der Waals surface area contributed by atoms with Gasteiger partial charge in [0.15, 0.2) is 6.10 Å². The summed E-state index contributed by atoms with van der Waals surface area (Å²) in [6.45, 7) is 6.69. The third-order valence-corrected chi connectivity index (χ3v) is 12.4. The van der Waals surface area contributed by atoms with Crippen LogP contribution < -0.4 is 0 Å². The number of carbonyl (C=O) groups excluding carboxylic acids is 3. The van der Waals surface area contributed by atoms with Crippen molar-refractivity contribution >= 4 is 17.9 Å². The average molecular weight is 849 g/mol. The molecule has 0 N–H and O–H groups in total. The van der Waals surface area contributed by atoms with Gasteiger partial charge in [-0.15, -0.1) is 0 Å². The minimum Gasteiger partial charge on any atom is -0.462 e. The largest absolute Gasteiger partial charge is 0.462 e. The number of ether oxygens (including phenoxy) is 3. The van der Waals surface area contributed by atoms with Crippen LogP contribution in [0, 0.1) is 0 Å². The van der Waals surface area contributed by atoms with Crippen LogP contribution in [0.3, 0.4) is 0 Å². The van der Waals surface area contributed by atoms with Gasteiger partial charge in [0.1, 0.15) is 13.2 Å². The Morgan fingerprint density at radius 1 is 0.267 bits per heavy atom. The van der Waals surface area contributed by atoms with E-state index in [0.717, 1.165) is 57.8 Å². The van der Waals surface area contributed by atoms with Crippen molar-refractivity contribution in [3.8, 4) is 0 Å². The van der Waals surface area contributed by atoms with Crippen molar-refractivity contribution in [3.05, 3.63) is 0 Å². The topological polar surface area (TPSA) is 78.9 Å². The van der Waals surface area contributed by atoms with E-state index in [1.807, 2.05) is 0 Å². The monoisotopic (exact) mass is 849 g/mol. The molecule has 356 valence electrons. The van der Waals surface area contributed by atoms with Crippen molar-refractivity contribution in [1.82, 2.24) is 0 Å². The SMILES string of the molecule is CCCCCCCCCCCCCCCCCC(=O)OC[C@H](COC(=O)CCCCCCCCCCCCCCC)OC(=O)CCCCCCCCCCCCCCCC. The fourth-order valence-electron chi connectivity index (χ4n) is 8.27. The van der Waals surface area contributed by atoms with Crippen molar-refractivity contribution in [1.29, 1.82) is 0 Å². The number of esters is 3. The maximum atomic E-state index is 12.8. The van der Waals surface area contributed by atoms with Gasteiger partial charge in [-0.1, -0.05) is 271 Å². The highest BCUT2D eigenvalue weighted by Gasteiger charge is 2.19. The lowest BCUT2D eigenvalue weighted by molar-refractivity contribution is -0.167. The molecule has 0 radical (unpaired) electrons. The van der Waals surface area contributed by atoms with Crippen LogP contribution in [0.25, 0.3) is 0 Å². The first kappa shape index (κ1) is 58.4. The van der Waals surface area contributed by atoms with E-state index in [4.69, 9.17) is 14.2 Å². The fourth-order valence-corrected chi connectivity index (χ4v) is 8.27. The maximum Gasteiger partial charge on any atom is 0.306 e. The molecule has 0 aromatic carbocycles. The zero-order valence-corrected chi connectivity index (χ0v) is 40.8. The summed E-state index contributed by atoms with van der Waals surface area (Å²) in [6, 6.07) is 0. The van der Waals surface area contributed by atoms with Crippen LogP contribution in [0.15, 0.2) is 0 Å². The molecule has 0 heterocycles. The van der Waals surface area contributed by atoms with Crippen LogP contribution in [0.2, 0.25) is 0 Å². The van der Waals surface area contributed by atoms with Gasteiger partial charge < -0.3 is 14.2 Å². The molecule has 1 atom stereocenters. The molecule has 0 saturated heterocycles. The maximum absolute atomic E-state index is 12.8. The molecule has 0 unspecified atom stereocenters. The van der Waals surface area contributed by atoms with Crippen LogP contribution in [0.5, 0.6) is 0 Å². The quantitative estimate of drug-likeness (QED) is 0.0345. The molecule has 60 heavy (non-hydrogen) atoms. The second-order valence-electron chi connectivity index (χ2n) is 18.5. The van der Waals surface area contributed by atoms with E-state index in [1.54, 1.807) is 0 Å². The first-order valence-corrected chi connectivity index (χ1v) is 27.0. The Morgan fingerprint density at radius 3 is 0.667 bits per heavy atom. The highest BCUT2D eigenvalue weighted by molar-refractivity contribution is 5.71. The molecule has 0 aliphatic heterocycles. The Bertz CT molecular complexity index is 889. The molecule has 0 rings (SSSR count). The van der Waals surface area contributed by atoms with Gasteiger partial charge in [-0.3, -0.25) is 14.4 Å². The molecule has 6 heteroatoms. The smallest absolute Gasteiger partial charge is 0.306 e. The molecule has 6 nitrogen and oxygen atoms in total. The lowest BCUT2D eigenvalue weighted by atomic mass is 10.0. The second-order valence-corrected chi connectivity index (χ2v) is 18.5. The predicted octanol–water partition coefficient (Wildman–Crippen LogP) is 17.6. The number of rotatable bonds is 50. The van der Waals surface area contributed by atoms with Gasteiger partial charge >= 0.3 is 17.9 Å². The molecule has 0 bridgehead atoms. The van der Waals surface area contributed by atoms with E-state index in [9.17, 15) is 14.4 Å². The summed E-state index contributed by atoms with van der Waals surface area (Å²) in [5, 5.41) is 0. The number of unbranched alkanes of at least 4 members (excludes halogenated alkanes) is 39. The first-order valence-electron chi connectivity index (χ1n) is 27.0. The van der Waals surface area contributed by atoms with E-state index >= 15 is 0 Å². The molecule has 0 aliphatic rings. The van der Waals surface area contributed by atoms with Crippen molar-refractivity contribution in [2.75, 3.05) is 13.2 Å². The van der Waals surface area contributed by atoms with Crippen LogP contribution >= 0.6 is 0 Å². The molecule has 0 amide bonds. The first-order chi connectivity index (χ1) is 29.5. The van der Waals surface area contributed by atoms with Crippen LogP contribution in [0.4, 0.5) is 0 Å². The summed E-state index contributed by atoms with van der Waals surface area (Å²) in [7, 11) is 0. The molecule has 0 saturated carbocycles. The fraction of sp³-hybridized carbons (Fsp3) is 0.944. The molecule has 0 aliphatic carbocycles. The Morgan fingerprint density at radius 2 is 0.450 bits per heavy atom. The summed E-state index contributed by atoms with van der Waals surface area (Å²) in [5.74, 6) is -0.837. The lowest BCUT2D eigenvalue weighted by Crippen LogP contribution is -2.30. The normalized spacial score (nSPS) is 11.8. The third kappa shape index (κ3) is 47.5. The van der Waals surface area contributed by atoms with Crippen LogP contribution in [-0.4, -0.2) is 37.2 Å². The van der Waals surface area contributed by atoms with Crippen molar-refractivity contribution in [2.45, 2.75) is 316 Å². The van der Waals surface area contributed by atoms with Crippen molar-refractivity contribution in [3.63, 3.8) is 0 Å². The van der Waals surface area contributed by atoms with E-state index in [-0.39, 0.29) is 31.1 Å². The Hall–Kier alpha value is -1.59. The minimum absolute atomic E-state index is 0.0614. The standard InChI is InChI=1S/C54H104O6/c1-4-7-10-13-16-19-22-25-27-30-32-35-38-41-44-47-53(56)59-50-51(49-58-52(55)46-43-40-37-34-31-28-24-21-18-15-12-9-6-3)60-54(57)48-45-42-39-36-33-29-26-23-20-17-14-11-8-5-2/h51H,4-50H2,1-3H3/t51-/m0/s1. The highest BCUT2D eigenvalue weighted by atomic mass is 16.6. The van der Waals surface area contributed by atoms with Gasteiger partial charge in [-0.2, -0.15) is 0 Å². The summed E-state index contributed by atoms with van der Waals surface area (Å²) in [4.78, 5) is 38.0. The predicted molar refractivity (Wildman–Crippen MR) is 257 cm³/mol. The molecular weight excluding hydrogens is 745 g/mol. The molecule has 0 spiro atoms. The Balaban J connectivity index is 4.30. The van der Waals surface area contributed by atoms with E-state index in [1.165, 1.54) is 212 Å². The van der Waals surface area contributed by atoms with Gasteiger partial charge in [0.25, 0.3) is 0 Å². The van der Waals surface area contributed by atoms with E-state index in [0.29, 0.717) is 19.3 Å². The van der Waals surface area contributed by atoms with Gasteiger partial charge in [0.05, 0.1) is 0 Å². The van der Waals surface area contributed by atoms with Crippen LogP contribution in [-0.2, 0) is 28.6 Å². The molecule has 0 aromatic heterocycles. The van der Waals surface area contributed by atoms with Crippen molar-refractivity contribution in [2.24, 2.45) is 0 Å². The highest BCUT2D eigenvalue weighted by Crippen LogP contribution is 2.17. The average Bonchev–Trinajstić information content (AvgIpc) is 3.24. The van der Waals surface area contributed by atoms with E-state index < -0.39 is 6.10 Å². The Kier molecular flexibility index (Phi) is 48.7. The lowest BCUT2D eigenvalue weighted by Gasteiger charge is -2.18.